The normalized spacial score (nSPS) is 13.3. The summed E-state index contributed by atoms with van der Waals surface area (Å²) in [6, 6.07) is 9.15. The van der Waals surface area contributed by atoms with Crippen molar-refractivity contribution in [2.45, 2.75) is 26.4 Å². The lowest BCUT2D eigenvalue weighted by molar-refractivity contribution is -0.166. The molecule has 0 saturated heterocycles. The molecule has 0 amide bonds. The maximum absolute atomic E-state index is 11.9. The Morgan fingerprint density at radius 2 is 1.60 bits per heavy atom. The first-order valence-corrected chi connectivity index (χ1v) is 6.65. The lowest BCUT2D eigenvalue weighted by Crippen LogP contribution is -2.38. The fraction of sp³-hybridized carbons (Fsp3) is 0.467. The minimum absolute atomic E-state index is 0.150. The molecule has 20 heavy (non-hydrogen) atoms. The fourth-order valence-electron chi connectivity index (χ4n) is 1.83. The summed E-state index contributed by atoms with van der Waals surface area (Å²) in [4.78, 5) is 23.5. The highest BCUT2D eigenvalue weighted by molar-refractivity contribution is 5.83. The van der Waals surface area contributed by atoms with Gasteiger partial charge in [-0.3, -0.25) is 4.79 Å². The summed E-state index contributed by atoms with van der Waals surface area (Å²) in [7, 11) is 0. The number of esters is 2. The van der Waals surface area contributed by atoms with Gasteiger partial charge >= 0.3 is 11.9 Å². The van der Waals surface area contributed by atoms with Crippen LogP contribution in [-0.4, -0.2) is 36.4 Å². The highest BCUT2D eigenvalue weighted by atomic mass is 16.6. The molecule has 0 bridgehead atoms. The summed E-state index contributed by atoms with van der Waals surface area (Å²) in [6.07, 6.45) is -1.30. The van der Waals surface area contributed by atoms with Crippen LogP contribution in [0.25, 0.3) is 0 Å². The first-order chi connectivity index (χ1) is 9.60. The van der Waals surface area contributed by atoms with Crippen LogP contribution in [0.4, 0.5) is 0 Å². The van der Waals surface area contributed by atoms with E-state index >= 15 is 0 Å². The van der Waals surface area contributed by atoms with Crippen molar-refractivity contribution >= 4 is 11.9 Å². The highest BCUT2D eigenvalue weighted by Crippen LogP contribution is 2.16. The SMILES string of the molecule is CCOC(=O)[C@H](O)[C@@H](Cc1ccccc1)C(=O)OCC. The van der Waals surface area contributed by atoms with Gasteiger partial charge in [0, 0.05) is 0 Å². The van der Waals surface area contributed by atoms with Gasteiger partial charge in [0.25, 0.3) is 0 Å². The fourth-order valence-corrected chi connectivity index (χ4v) is 1.83. The number of benzene rings is 1. The van der Waals surface area contributed by atoms with Crippen LogP contribution in [0.3, 0.4) is 0 Å². The second-order valence-electron chi connectivity index (χ2n) is 4.25. The predicted molar refractivity (Wildman–Crippen MR) is 72.9 cm³/mol. The molecule has 0 aromatic heterocycles. The van der Waals surface area contributed by atoms with Crippen LogP contribution >= 0.6 is 0 Å². The van der Waals surface area contributed by atoms with Gasteiger partial charge < -0.3 is 14.6 Å². The van der Waals surface area contributed by atoms with Gasteiger partial charge in [0.15, 0.2) is 6.10 Å². The van der Waals surface area contributed by atoms with E-state index in [4.69, 9.17) is 9.47 Å². The van der Waals surface area contributed by atoms with Gasteiger partial charge in [-0.15, -0.1) is 0 Å². The Kier molecular flexibility index (Phi) is 6.73. The van der Waals surface area contributed by atoms with E-state index in [2.05, 4.69) is 0 Å². The number of aliphatic hydroxyl groups excluding tert-OH is 1. The summed E-state index contributed by atoms with van der Waals surface area (Å²) >= 11 is 0. The molecule has 1 rings (SSSR count). The number of carbonyl (C=O) groups is 2. The minimum atomic E-state index is -1.52. The highest BCUT2D eigenvalue weighted by Gasteiger charge is 2.34. The van der Waals surface area contributed by atoms with Gasteiger partial charge in [0.05, 0.1) is 19.1 Å². The van der Waals surface area contributed by atoms with Crippen molar-refractivity contribution in [1.29, 1.82) is 0 Å². The van der Waals surface area contributed by atoms with Crippen molar-refractivity contribution in [2.24, 2.45) is 5.92 Å². The Hall–Kier alpha value is -1.88. The number of rotatable bonds is 7. The molecule has 5 nitrogen and oxygen atoms in total. The molecule has 1 N–H and O–H groups in total. The molecule has 0 fully saturated rings. The zero-order valence-corrected chi connectivity index (χ0v) is 11.7. The Morgan fingerprint density at radius 3 is 2.15 bits per heavy atom. The lowest BCUT2D eigenvalue weighted by Gasteiger charge is -2.20. The van der Waals surface area contributed by atoms with E-state index in [0.29, 0.717) is 0 Å². The first kappa shape index (κ1) is 16.2. The zero-order valence-electron chi connectivity index (χ0n) is 11.7. The van der Waals surface area contributed by atoms with Gasteiger partial charge in [-0.25, -0.2) is 4.79 Å². The summed E-state index contributed by atoms with van der Waals surface area (Å²) in [6.45, 7) is 3.66. The van der Waals surface area contributed by atoms with E-state index in [0.717, 1.165) is 5.56 Å². The van der Waals surface area contributed by atoms with Crippen LogP contribution in [0.2, 0.25) is 0 Å². The minimum Gasteiger partial charge on any atom is -0.466 e. The Balaban J connectivity index is 2.84. The van der Waals surface area contributed by atoms with Crippen molar-refractivity contribution in [3.05, 3.63) is 35.9 Å². The molecule has 0 aliphatic heterocycles. The number of carbonyl (C=O) groups excluding carboxylic acids is 2. The average molecular weight is 280 g/mol. The molecule has 0 saturated carbocycles. The first-order valence-electron chi connectivity index (χ1n) is 6.65. The summed E-state index contributed by atoms with van der Waals surface area (Å²) in [5, 5.41) is 9.99. The van der Waals surface area contributed by atoms with Gasteiger partial charge in [-0.05, 0) is 25.8 Å². The van der Waals surface area contributed by atoms with Gasteiger partial charge in [0.1, 0.15) is 0 Å². The van der Waals surface area contributed by atoms with Crippen LogP contribution in [0.15, 0.2) is 30.3 Å². The molecule has 0 unspecified atom stereocenters. The largest absolute Gasteiger partial charge is 0.466 e. The van der Waals surface area contributed by atoms with Crippen LogP contribution in [-0.2, 0) is 25.5 Å². The summed E-state index contributed by atoms with van der Waals surface area (Å²) in [5.41, 5.74) is 0.842. The van der Waals surface area contributed by atoms with Crippen molar-refractivity contribution in [1.82, 2.24) is 0 Å². The summed E-state index contributed by atoms with van der Waals surface area (Å²) < 4.78 is 9.67. The van der Waals surface area contributed by atoms with E-state index in [1.165, 1.54) is 0 Å². The molecule has 0 radical (unpaired) electrons. The third-order valence-electron chi connectivity index (χ3n) is 2.80. The Bertz CT molecular complexity index is 429. The molecule has 0 aliphatic rings. The van der Waals surface area contributed by atoms with E-state index in [9.17, 15) is 14.7 Å². The van der Waals surface area contributed by atoms with Crippen LogP contribution in [0, 0.1) is 5.92 Å². The third-order valence-corrected chi connectivity index (χ3v) is 2.80. The molecule has 0 heterocycles. The van der Waals surface area contributed by atoms with Crippen molar-refractivity contribution < 1.29 is 24.2 Å². The molecule has 2 atom stereocenters. The van der Waals surface area contributed by atoms with Crippen molar-refractivity contribution in [2.75, 3.05) is 13.2 Å². The van der Waals surface area contributed by atoms with Crippen molar-refractivity contribution in [3.63, 3.8) is 0 Å². The maximum Gasteiger partial charge on any atom is 0.335 e. The second kappa shape index (κ2) is 8.32. The van der Waals surface area contributed by atoms with Gasteiger partial charge in [0.2, 0.25) is 0 Å². The standard InChI is InChI=1S/C15H20O5/c1-3-19-14(17)12(13(16)15(18)20-4-2)10-11-8-6-5-7-9-11/h5-9,12-13,16H,3-4,10H2,1-2H3/t12-,13-/m1/s1. The molecule has 5 heteroatoms. The van der Waals surface area contributed by atoms with E-state index in [1.807, 2.05) is 30.3 Å². The van der Waals surface area contributed by atoms with Crippen LogP contribution < -0.4 is 0 Å². The number of aliphatic hydroxyl groups is 1. The van der Waals surface area contributed by atoms with E-state index < -0.39 is 24.0 Å². The second-order valence-corrected chi connectivity index (χ2v) is 4.25. The predicted octanol–water partition coefficient (Wildman–Crippen LogP) is 1.33. The maximum atomic E-state index is 11.9. The molecule has 1 aromatic rings. The molecule has 1 aromatic carbocycles. The number of ether oxygens (including phenoxy) is 2. The molecular formula is C15H20O5. The Labute approximate surface area is 118 Å². The van der Waals surface area contributed by atoms with E-state index in [-0.39, 0.29) is 19.6 Å². The van der Waals surface area contributed by atoms with Gasteiger partial charge in [-0.1, -0.05) is 30.3 Å². The van der Waals surface area contributed by atoms with Crippen LogP contribution in [0.1, 0.15) is 19.4 Å². The topological polar surface area (TPSA) is 72.8 Å². The monoisotopic (exact) mass is 280 g/mol. The molecule has 110 valence electrons. The Morgan fingerprint density at radius 1 is 1.05 bits per heavy atom. The average Bonchev–Trinajstić information content (AvgIpc) is 2.45. The van der Waals surface area contributed by atoms with E-state index in [1.54, 1.807) is 13.8 Å². The smallest absolute Gasteiger partial charge is 0.335 e. The third kappa shape index (κ3) is 4.66. The lowest BCUT2D eigenvalue weighted by atomic mass is 9.94. The quantitative estimate of drug-likeness (QED) is 0.763. The number of hydrogen-bond donors (Lipinski definition) is 1. The molecule has 0 spiro atoms. The molecular weight excluding hydrogens is 260 g/mol. The summed E-state index contributed by atoms with van der Waals surface area (Å²) in [5.74, 6) is -2.37. The van der Waals surface area contributed by atoms with Crippen LogP contribution in [0.5, 0.6) is 0 Å². The number of hydrogen-bond acceptors (Lipinski definition) is 5. The zero-order chi connectivity index (χ0) is 15.0. The van der Waals surface area contributed by atoms with Crippen molar-refractivity contribution in [3.8, 4) is 0 Å². The molecule has 0 aliphatic carbocycles. The van der Waals surface area contributed by atoms with Gasteiger partial charge in [-0.2, -0.15) is 0 Å².